The third kappa shape index (κ3) is 14.7. The number of piperidine rings is 1. The van der Waals surface area contributed by atoms with Crippen molar-refractivity contribution in [3.05, 3.63) is 151 Å². The van der Waals surface area contributed by atoms with Gasteiger partial charge in [-0.2, -0.15) is 10.2 Å². The second-order valence-corrected chi connectivity index (χ2v) is 19.1. The van der Waals surface area contributed by atoms with Crippen LogP contribution < -0.4 is 20.1 Å². The number of halogens is 2. The average molecular weight is 1010 g/mol. The third-order valence-corrected chi connectivity index (χ3v) is 11.6. The molecule has 6 aromatic rings. The molecule has 0 unspecified atom stereocenters. The van der Waals surface area contributed by atoms with Crippen LogP contribution in [0.4, 0.5) is 11.6 Å². The molecule has 4 aromatic carbocycles. The molecule has 2 amide bonds. The van der Waals surface area contributed by atoms with Gasteiger partial charge in [-0.05, 0) is 118 Å². The first-order chi connectivity index (χ1) is 31.2. The van der Waals surface area contributed by atoms with Gasteiger partial charge in [-0.1, -0.05) is 90.2 Å². The summed E-state index contributed by atoms with van der Waals surface area (Å²) >= 11 is 7.08. The highest BCUT2D eigenvalue weighted by atomic mass is 79.9. The summed E-state index contributed by atoms with van der Waals surface area (Å²) in [5, 5.41) is 14.9. The summed E-state index contributed by atoms with van der Waals surface area (Å²) < 4.78 is 17.7. The minimum atomic E-state index is -0.277. The average Bonchev–Trinajstić information content (AvgIpc) is 3.81. The van der Waals surface area contributed by atoms with E-state index in [4.69, 9.17) is 9.47 Å². The Kier molecular flexibility index (Phi) is 17.7. The van der Waals surface area contributed by atoms with Crippen molar-refractivity contribution < 1.29 is 23.9 Å². The van der Waals surface area contributed by atoms with Gasteiger partial charge in [-0.15, -0.1) is 0 Å². The molecule has 1 aliphatic heterocycles. The van der Waals surface area contributed by atoms with Gasteiger partial charge in [0.15, 0.2) is 11.6 Å². The maximum atomic E-state index is 12.8. The van der Waals surface area contributed by atoms with Gasteiger partial charge in [0.05, 0.1) is 26.3 Å². The van der Waals surface area contributed by atoms with Gasteiger partial charge < -0.3 is 20.1 Å². The van der Waals surface area contributed by atoms with Crippen molar-refractivity contribution in [2.75, 3.05) is 36.9 Å². The van der Waals surface area contributed by atoms with Gasteiger partial charge in [0, 0.05) is 66.8 Å². The van der Waals surface area contributed by atoms with Crippen LogP contribution in [0.3, 0.4) is 0 Å². The maximum absolute atomic E-state index is 12.8. The van der Waals surface area contributed by atoms with Crippen LogP contribution in [0.5, 0.6) is 11.5 Å². The zero-order chi connectivity index (χ0) is 46.5. The standard InChI is InChI=1S/C28H35BrN4O2.C23H24BrN3O3/c1-20(2)19-35-26-12-11-25(29)16-24(26)18-33-21(3)15-27(31-33)30-28(34)23-9-7-22(8-10-23)17-32-13-5-4-6-14-32;1-15(2)14-30-21-9-8-20(24)11-19(21)12-27-16(3)10-22(26-27)25-23(29)18-6-4-17(13-28)5-7-18/h7-12,15-16,20H,4-6,13-14,17-19H2,1-3H3,(H,30,31,34);4-11,13,15H,12,14H2,1-3H3,(H,25,26,29). The molecule has 2 N–H and O–H groups in total. The molecule has 65 heavy (non-hydrogen) atoms. The lowest BCUT2D eigenvalue weighted by molar-refractivity contribution is 0.101. The molecule has 0 bridgehead atoms. The molecule has 7 rings (SSSR count). The van der Waals surface area contributed by atoms with Gasteiger partial charge in [0.2, 0.25) is 0 Å². The van der Waals surface area contributed by atoms with E-state index in [0.717, 1.165) is 68.9 Å². The second kappa shape index (κ2) is 23.6. The molecular weight excluding hydrogens is 950 g/mol. The summed E-state index contributed by atoms with van der Waals surface area (Å²) in [7, 11) is 0. The largest absolute Gasteiger partial charge is 0.493 e. The molecule has 0 spiro atoms. The van der Waals surface area contributed by atoms with Crippen molar-refractivity contribution in [2.24, 2.45) is 11.8 Å². The fourth-order valence-electron chi connectivity index (χ4n) is 7.15. The molecule has 12 nitrogen and oxygen atoms in total. The Hall–Kier alpha value is -5.57. The fourth-order valence-corrected chi connectivity index (χ4v) is 7.97. The first kappa shape index (κ1) is 48.9. The lowest BCUT2D eigenvalue weighted by Crippen LogP contribution is -2.29. The smallest absolute Gasteiger partial charge is 0.256 e. The highest BCUT2D eigenvalue weighted by molar-refractivity contribution is 9.10. The summed E-state index contributed by atoms with van der Waals surface area (Å²) in [6.07, 6.45) is 4.63. The molecule has 0 aliphatic carbocycles. The summed E-state index contributed by atoms with van der Waals surface area (Å²) in [6.45, 7) is 18.0. The Morgan fingerprint density at radius 3 is 1.51 bits per heavy atom. The molecule has 1 saturated heterocycles. The second-order valence-electron chi connectivity index (χ2n) is 17.3. The van der Waals surface area contributed by atoms with Crippen molar-refractivity contribution in [3.8, 4) is 11.5 Å². The quantitative estimate of drug-likeness (QED) is 0.0863. The van der Waals surface area contributed by atoms with Crippen molar-refractivity contribution in [3.63, 3.8) is 0 Å². The van der Waals surface area contributed by atoms with Crippen LogP contribution in [0.2, 0.25) is 0 Å². The third-order valence-electron chi connectivity index (χ3n) is 10.7. The van der Waals surface area contributed by atoms with Crippen molar-refractivity contribution >= 4 is 61.6 Å². The number of aldehydes is 1. The number of amides is 2. The van der Waals surface area contributed by atoms with E-state index in [2.05, 4.69) is 103 Å². The number of likely N-dealkylation sites (tertiary alicyclic amines) is 1. The van der Waals surface area contributed by atoms with Gasteiger partial charge in [-0.25, -0.2) is 0 Å². The van der Waals surface area contributed by atoms with Gasteiger partial charge >= 0.3 is 0 Å². The Morgan fingerprint density at radius 2 is 1.08 bits per heavy atom. The lowest BCUT2D eigenvalue weighted by Gasteiger charge is -2.26. The zero-order valence-corrected chi connectivity index (χ0v) is 41.2. The number of rotatable bonds is 17. The minimum Gasteiger partial charge on any atom is -0.493 e. The van der Waals surface area contributed by atoms with E-state index in [0.29, 0.717) is 66.5 Å². The van der Waals surface area contributed by atoms with E-state index in [1.54, 1.807) is 24.3 Å². The summed E-state index contributed by atoms with van der Waals surface area (Å²) in [5.41, 5.74) is 6.78. The molecule has 3 heterocycles. The van der Waals surface area contributed by atoms with Crippen LogP contribution >= 0.6 is 31.9 Å². The maximum Gasteiger partial charge on any atom is 0.256 e. The van der Waals surface area contributed by atoms with E-state index in [-0.39, 0.29) is 11.8 Å². The van der Waals surface area contributed by atoms with Crippen LogP contribution in [-0.4, -0.2) is 68.9 Å². The Morgan fingerprint density at radius 1 is 0.631 bits per heavy atom. The minimum absolute atomic E-state index is 0.150. The van der Waals surface area contributed by atoms with E-state index >= 15 is 0 Å². The van der Waals surface area contributed by atoms with E-state index in [1.807, 2.05) is 77.8 Å². The number of aryl methyl sites for hydroxylation is 2. The van der Waals surface area contributed by atoms with Crippen LogP contribution in [0.25, 0.3) is 0 Å². The topological polar surface area (TPSA) is 133 Å². The van der Waals surface area contributed by atoms with Gasteiger partial charge in [0.1, 0.15) is 17.8 Å². The highest BCUT2D eigenvalue weighted by Crippen LogP contribution is 2.27. The Labute approximate surface area is 399 Å². The van der Waals surface area contributed by atoms with Crippen molar-refractivity contribution in [1.82, 2.24) is 24.5 Å². The normalized spacial score (nSPS) is 12.7. The predicted octanol–water partition coefficient (Wildman–Crippen LogP) is 11.4. The number of hydrogen-bond acceptors (Lipinski definition) is 8. The van der Waals surface area contributed by atoms with E-state index in [9.17, 15) is 14.4 Å². The SMILES string of the molecule is Cc1cc(NC(=O)c2ccc(C=O)cc2)nn1Cc1cc(Br)ccc1OCC(C)C.Cc1cc(NC(=O)c2ccc(CN3CCCCC3)cc2)nn1Cc1cc(Br)ccc1OCC(C)C. The highest BCUT2D eigenvalue weighted by Gasteiger charge is 2.16. The molecule has 14 heteroatoms. The first-order valence-corrected chi connectivity index (χ1v) is 23.7. The Bertz CT molecular complexity index is 2530. The van der Waals surface area contributed by atoms with Crippen molar-refractivity contribution in [1.29, 1.82) is 0 Å². The number of benzene rings is 4. The number of carbonyl (C=O) groups excluding carboxylic acids is 3. The molecule has 2 aromatic heterocycles. The molecule has 0 radical (unpaired) electrons. The number of hydrogen-bond donors (Lipinski definition) is 2. The fraction of sp³-hybridized carbons (Fsp3) is 0.353. The zero-order valence-electron chi connectivity index (χ0n) is 38.1. The number of carbonyl (C=O) groups is 3. The molecule has 0 saturated carbocycles. The monoisotopic (exact) mass is 1010 g/mol. The van der Waals surface area contributed by atoms with Crippen LogP contribution in [-0.2, 0) is 19.6 Å². The lowest BCUT2D eigenvalue weighted by atomic mass is 10.1. The number of aromatic nitrogens is 4. The van der Waals surface area contributed by atoms with E-state index < -0.39 is 0 Å². The number of ether oxygens (including phenoxy) is 2. The Balaban J connectivity index is 0.000000218. The number of nitrogens with zero attached hydrogens (tertiary/aromatic N) is 5. The molecule has 1 fully saturated rings. The van der Waals surface area contributed by atoms with Crippen LogP contribution in [0.1, 0.15) is 106 Å². The molecule has 1 aliphatic rings. The van der Waals surface area contributed by atoms with Gasteiger partial charge in [0.25, 0.3) is 11.8 Å². The summed E-state index contributed by atoms with van der Waals surface area (Å²) in [6, 6.07) is 30.0. The summed E-state index contributed by atoms with van der Waals surface area (Å²) in [4.78, 5) is 38.6. The molecule has 342 valence electrons. The molecule has 0 atom stereocenters. The summed E-state index contributed by atoms with van der Waals surface area (Å²) in [5.74, 6) is 3.13. The van der Waals surface area contributed by atoms with Gasteiger partial charge in [-0.3, -0.25) is 28.6 Å². The molecular formula is C51H59Br2N7O5. The van der Waals surface area contributed by atoms with Crippen molar-refractivity contribution in [2.45, 2.75) is 80.4 Å². The van der Waals surface area contributed by atoms with Crippen LogP contribution in [0, 0.1) is 25.7 Å². The number of anilines is 2. The van der Waals surface area contributed by atoms with Crippen LogP contribution in [0.15, 0.2) is 106 Å². The number of nitrogens with one attached hydrogen (secondary N) is 2. The predicted molar refractivity (Wildman–Crippen MR) is 264 cm³/mol. The van der Waals surface area contributed by atoms with E-state index in [1.165, 1.54) is 24.8 Å². The first-order valence-electron chi connectivity index (χ1n) is 22.1.